The molecule has 0 amide bonds. The maximum atomic E-state index is 13.3. The van der Waals surface area contributed by atoms with E-state index in [2.05, 4.69) is 26.0 Å². The van der Waals surface area contributed by atoms with Crippen molar-refractivity contribution in [1.29, 1.82) is 0 Å². The molecule has 1 aliphatic rings. The van der Waals surface area contributed by atoms with Gasteiger partial charge in [0.2, 0.25) is 0 Å². The Morgan fingerprint density at radius 2 is 2.09 bits per heavy atom. The molecule has 0 saturated carbocycles. The molecule has 2 unspecified atom stereocenters. The van der Waals surface area contributed by atoms with Gasteiger partial charge in [-0.25, -0.2) is 9.36 Å². The Bertz CT molecular complexity index is 1190. The number of benzene rings is 1. The molecule has 0 radical (unpaired) electrons. The maximum Gasteiger partial charge on any atom is 0.459 e. The molecule has 2 aromatic rings. The fourth-order valence-corrected chi connectivity index (χ4v) is 4.74. The summed E-state index contributed by atoms with van der Waals surface area (Å²) >= 11 is 3.27. The molecule has 0 fully saturated rings. The highest BCUT2D eigenvalue weighted by Gasteiger charge is 2.34. The molecule has 0 bridgehead atoms. The predicted molar refractivity (Wildman–Crippen MR) is 118 cm³/mol. The number of H-pyrrole nitrogens is 1. The third-order valence-electron chi connectivity index (χ3n) is 4.41. The van der Waals surface area contributed by atoms with Crippen molar-refractivity contribution in [3.8, 4) is 5.75 Å². The van der Waals surface area contributed by atoms with Gasteiger partial charge in [-0.15, -0.1) is 0 Å². The molecule has 4 atom stereocenters. The van der Waals surface area contributed by atoms with E-state index in [1.165, 1.54) is 17.7 Å². The molecule has 0 saturated heterocycles. The van der Waals surface area contributed by atoms with Crippen molar-refractivity contribution in [2.45, 2.75) is 32.2 Å². The Kier molecular flexibility index (Phi) is 7.52. The number of carboxylic acid groups (broad SMARTS) is 1. The summed E-state index contributed by atoms with van der Waals surface area (Å²) in [5.41, 5.74) is -0.798. The van der Waals surface area contributed by atoms with E-state index in [1.807, 2.05) is 0 Å². The lowest BCUT2D eigenvalue weighted by molar-refractivity contribution is -0.138. The number of ether oxygens (including phenoxy) is 1. The molecular weight excluding hydrogens is 509 g/mol. The molecule has 13 heteroatoms. The lowest BCUT2D eigenvalue weighted by Crippen LogP contribution is -2.35. The lowest BCUT2D eigenvalue weighted by Gasteiger charge is -2.24. The van der Waals surface area contributed by atoms with Crippen LogP contribution in [-0.2, 0) is 18.6 Å². The van der Waals surface area contributed by atoms with Gasteiger partial charge in [-0.3, -0.25) is 23.7 Å². The summed E-state index contributed by atoms with van der Waals surface area (Å²) < 4.78 is 31.7. The van der Waals surface area contributed by atoms with Gasteiger partial charge in [-0.05, 0) is 48.0 Å². The van der Waals surface area contributed by atoms with Crippen molar-refractivity contribution in [2.75, 3.05) is 6.61 Å². The quantitative estimate of drug-likeness (QED) is 0.328. The molecule has 32 heavy (non-hydrogen) atoms. The van der Waals surface area contributed by atoms with Gasteiger partial charge in [0.05, 0.1) is 11.1 Å². The zero-order valence-electron chi connectivity index (χ0n) is 17.1. The first-order valence-electron chi connectivity index (χ1n) is 9.43. The van der Waals surface area contributed by atoms with E-state index in [9.17, 15) is 24.1 Å². The number of para-hydroxylation sites is 1. The number of aryl methyl sites for hydroxylation is 1. The highest BCUT2D eigenvalue weighted by molar-refractivity contribution is 9.10. The van der Waals surface area contributed by atoms with Crippen LogP contribution < -0.4 is 20.9 Å². The van der Waals surface area contributed by atoms with Crippen LogP contribution in [0.3, 0.4) is 0 Å². The summed E-state index contributed by atoms with van der Waals surface area (Å²) in [4.78, 5) is 37.0. The number of carbonyl (C=O) groups is 1. The fraction of sp³-hybridized carbons (Fsp3) is 0.316. The highest BCUT2D eigenvalue weighted by Crippen LogP contribution is 2.47. The minimum atomic E-state index is -4.14. The van der Waals surface area contributed by atoms with Crippen LogP contribution in [-0.4, -0.2) is 39.4 Å². The van der Waals surface area contributed by atoms with Gasteiger partial charge in [0, 0.05) is 11.8 Å². The van der Waals surface area contributed by atoms with E-state index in [0.717, 1.165) is 0 Å². The number of nitrogens with zero attached hydrogens (tertiary/aromatic N) is 1. The van der Waals surface area contributed by atoms with E-state index in [4.69, 9.17) is 13.8 Å². The molecule has 11 nitrogen and oxygen atoms in total. The molecule has 1 aromatic carbocycles. The highest BCUT2D eigenvalue weighted by atomic mass is 79.9. The normalized spacial score (nSPS) is 20.6. The Hall–Kier alpha value is -2.50. The summed E-state index contributed by atoms with van der Waals surface area (Å²) in [6.07, 6.45) is 3.04. The summed E-state index contributed by atoms with van der Waals surface area (Å²) in [5, 5.41) is 11.6. The molecule has 2 heterocycles. The third kappa shape index (κ3) is 5.84. The number of aromatic nitrogens is 2. The molecule has 172 valence electrons. The van der Waals surface area contributed by atoms with Crippen molar-refractivity contribution >= 4 is 29.6 Å². The first-order chi connectivity index (χ1) is 15.1. The van der Waals surface area contributed by atoms with E-state index in [0.29, 0.717) is 10.0 Å². The van der Waals surface area contributed by atoms with Crippen LogP contribution in [0.5, 0.6) is 5.75 Å². The number of hydrogen-bond donors (Lipinski definition) is 3. The Morgan fingerprint density at radius 1 is 1.38 bits per heavy atom. The average Bonchev–Trinajstić information content (AvgIpc) is 3.20. The van der Waals surface area contributed by atoms with E-state index >= 15 is 0 Å². The van der Waals surface area contributed by atoms with Crippen molar-refractivity contribution in [2.24, 2.45) is 0 Å². The second-order valence-corrected chi connectivity index (χ2v) is 9.48. The van der Waals surface area contributed by atoms with Gasteiger partial charge in [0.15, 0.2) is 6.23 Å². The third-order valence-corrected chi connectivity index (χ3v) is 6.70. The summed E-state index contributed by atoms with van der Waals surface area (Å²) in [5.74, 6) is -1.05. The number of carboxylic acids is 1. The smallest absolute Gasteiger partial charge is 0.459 e. The predicted octanol–water partition coefficient (Wildman–Crippen LogP) is 2.33. The van der Waals surface area contributed by atoms with Gasteiger partial charge in [-0.1, -0.05) is 18.2 Å². The van der Waals surface area contributed by atoms with Crippen LogP contribution >= 0.6 is 23.7 Å². The van der Waals surface area contributed by atoms with E-state index < -0.39 is 43.3 Å². The largest absolute Gasteiger partial charge is 0.480 e. The lowest BCUT2D eigenvalue weighted by atomic mass is 10.3. The van der Waals surface area contributed by atoms with E-state index in [-0.39, 0.29) is 12.4 Å². The Morgan fingerprint density at radius 3 is 2.78 bits per heavy atom. The van der Waals surface area contributed by atoms with Gasteiger partial charge in [0.1, 0.15) is 17.9 Å². The number of halogens is 1. The summed E-state index contributed by atoms with van der Waals surface area (Å²) in [6, 6.07) is 5.37. The van der Waals surface area contributed by atoms with Crippen molar-refractivity contribution in [1.82, 2.24) is 14.6 Å². The Labute approximate surface area is 190 Å². The SMILES string of the molecule is Cc1cn([C@H]2C=C[C@@H](COP(=O)(NC(C)C(=O)O)Oc3ccccc3Br)O2)c(=O)[nH]c1=O. The molecular formula is C19H21BrN3O8P. The molecule has 0 aliphatic carbocycles. The van der Waals surface area contributed by atoms with Crippen LogP contribution in [0.2, 0.25) is 0 Å². The second-order valence-electron chi connectivity index (χ2n) is 6.93. The van der Waals surface area contributed by atoms with Gasteiger partial charge >= 0.3 is 19.4 Å². The topological polar surface area (TPSA) is 149 Å². The Balaban J connectivity index is 1.72. The van der Waals surface area contributed by atoms with Crippen LogP contribution in [0.4, 0.5) is 0 Å². The van der Waals surface area contributed by atoms with Crippen LogP contribution in [0.15, 0.2) is 56.7 Å². The maximum absolute atomic E-state index is 13.3. The first kappa shape index (κ1) is 24.1. The number of nitrogens with one attached hydrogen (secondary N) is 2. The van der Waals surface area contributed by atoms with E-state index in [1.54, 1.807) is 43.3 Å². The van der Waals surface area contributed by atoms with Gasteiger partial charge < -0.3 is 14.4 Å². The minimum Gasteiger partial charge on any atom is -0.480 e. The van der Waals surface area contributed by atoms with Crippen molar-refractivity contribution in [3.63, 3.8) is 0 Å². The average molecular weight is 530 g/mol. The number of rotatable bonds is 9. The van der Waals surface area contributed by atoms with Crippen molar-refractivity contribution < 1.29 is 28.3 Å². The number of aliphatic carboxylic acids is 1. The first-order valence-corrected chi connectivity index (χ1v) is 11.8. The number of aromatic amines is 1. The summed E-state index contributed by atoms with van der Waals surface area (Å²) in [6.45, 7) is 2.60. The zero-order valence-corrected chi connectivity index (χ0v) is 19.5. The minimum absolute atomic E-state index is 0.192. The standard InChI is InChI=1S/C19H21BrN3O8P/c1-11-9-23(19(27)21-17(11)24)16-8-7-13(30-16)10-29-32(28,22-12(2)18(25)26)31-15-6-4-3-5-14(15)20/h3-9,12-13,16H,10H2,1-2H3,(H,22,28)(H,25,26)(H,21,24,27)/t12?,13-,16+,32?/m0/s1. The van der Waals surface area contributed by atoms with Crippen LogP contribution in [0, 0.1) is 6.92 Å². The van der Waals surface area contributed by atoms with Gasteiger partial charge in [0.25, 0.3) is 5.56 Å². The van der Waals surface area contributed by atoms with Crippen molar-refractivity contribution in [3.05, 3.63) is 73.5 Å². The number of hydrogen-bond acceptors (Lipinski definition) is 7. The van der Waals surface area contributed by atoms with Crippen LogP contribution in [0.25, 0.3) is 0 Å². The van der Waals surface area contributed by atoms with Gasteiger partial charge in [-0.2, -0.15) is 5.09 Å². The molecule has 0 spiro atoms. The second kappa shape index (κ2) is 9.97. The monoisotopic (exact) mass is 529 g/mol. The molecule has 1 aromatic heterocycles. The molecule has 3 N–H and O–H groups in total. The van der Waals surface area contributed by atoms with Crippen LogP contribution in [0.1, 0.15) is 18.7 Å². The fourth-order valence-electron chi connectivity index (χ4n) is 2.72. The summed E-state index contributed by atoms with van der Waals surface area (Å²) in [7, 11) is -4.14. The molecule has 1 aliphatic heterocycles. The molecule has 3 rings (SSSR count). The zero-order chi connectivity index (χ0) is 23.5.